The van der Waals surface area contributed by atoms with E-state index in [0.717, 1.165) is 62.0 Å². The number of nitrogens with one attached hydrogen (secondary N) is 1. The molecule has 44 heavy (non-hydrogen) atoms. The minimum Gasteiger partial charge on any atom is -0.485 e. The molecule has 0 radical (unpaired) electrons. The molecule has 0 unspecified atom stereocenters. The zero-order chi connectivity index (χ0) is 30.8. The van der Waals surface area contributed by atoms with Crippen molar-refractivity contribution in [3.63, 3.8) is 0 Å². The lowest BCUT2D eigenvalue weighted by atomic mass is 10.0. The van der Waals surface area contributed by atoms with Crippen molar-refractivity contribution >= 4 is 40.7 Å². The Kier molecular flexibility index (Phi) is 9.61. The Balaban J connectivity index is 1.21. The van der Waals surface area contributed by atoms with Crippen molar-refractivity contribution in [2.75, 3.05) is 74.0 Å². The number of hydrogen-bond donors (Lipinski definition) is 1. The van der Waals surface area contributed by atoms with Gasteiger partial charge >= 0.3 is 0 Å². The number of aromatic nitrogens is 2. The molecule has 0 aliphatic carbocycles. The largest absolute Gasteiger partial charge is 0.485 e. The molecule has 0 spiro atoms. The number of ether oxygens (including phenoxy) is 1. The number of fused-ring (bicyclic) bond motifs is 1. The summed E-state index contributed by atoms with van der Waals surface area (Å²) in [7, 11) is 0. The SMILES string of the molecule is CC(C)Oc1c(N2CCc3nc(N4CCN(CCN5CCCCC5)CC4)nc(NCc4ccc(Cl)cc4Cl)c3C2)c(=O)c1=O. The van der Waals surface area contributed by atoms with Gasteiger partial charge in [-0.2, -0.15) is 4.98 Å². The third-order valence-electron chi connectivity index (χ3n) is 8.86. The fourth-order valence-corrected chi connectivity index (χ4v) is 6.83. The smallest absolute Gasteiger partial charge is 0.272 e. The van der Waals surface area contributed by atoms with Crippen LogP contribution in [0.2, 0.25) is 10.0 Å². The minimum atomic E-state index is -0.558. The number of hydrogen-bond acceptors (Lipinski definition) is 10. The molecule has 3 aliphatic rings. The minimum absolute atomic E-state index is 0.159. The molecule has 0 amide bonds. The van der Waals surface area contributed by atoms with Gasteiger partial charge in [0.15, 0.2) is 5.75 Å². The highest BCUT2D eigenvalue weighted by molar-refractivity contribution is 6.35. The van der Waals surface area contributed by atoms with E-state index in [0.29, 0.717) is 47.6 Å². The van der Waals surface area contributed by atoms with E-state index in [9.17, 15) is 9.59 Å². The topological polar surface area (TPSA) is 94.1 Å². The molecule has 2 saturated heterocycles. The molecule has 0 saturated carbocycles. The first-order valence-electron chi connectivity index (χ1n) is 15.8. The van der Waals surface area contributed by atoms with E-state index in [-0.39, 0.29) is 11.9 Å². The molecule has 2 fully saturated rings. The molecule has 10 nitrogen and oxygen atoms in total. The van der Waals surface area contributed by atoms with E-state index < -0.39 is 10.9 Å². The molecule has 1 aromatic heterocycles. The summed E-state index contributed by atoms with van der Waals surface area (Å²) >= 11 is 12.6. The molecular formula is C32H41Cl2N7O3. The van der Waals surface area contributed by atoms with Crippen LogP contribution in [-0.2, 0) is 19.5 Å². The number of rotatable bonds is 10. The summed E-state index contributed by atoms with van der Waals surface area (Å²) in [5, 5.41) is 4.67. The van der Waals surface area contributed by atoms with Crippen molar-refractivity contribution in [1.29, 1.82) is 0 Å². The van der Waals surface area contributed by atoms with Crippen LogP contribution in [-0.4, -0.2) is 84.8 Å². The van der Waals surface area contributed by atoms with Gasteiger partial charge in [-0.15, -0.1) is 0 Å². The zero-order valence-electron chi connectivity index (χ0n) is 25.6. The number of anilines is 3. The lowest BCUT2D eigenvalue weighted by molar-refractivity contribution is 0.176. The molecular weight excluding hydrogens is 601 g/mol. The average molecular weight is 643 g/mol. The number of nitrogens with zero attached hydrogens (tertiary/aromatic N) is 6. The van der Waals surface area contributed by atoms with Crippen molar-refractivity contribution in [1.82, 2.24) is 19.8 Å². The quantitative estimate of drug-likeness (QED) is 0.328. The molecule has 3 aromatic rings. The van der Waals surface area contributed by atoms with Gasteiger partial charge in [-0.1, -0.05) is 35.7 Å². The van der Waals surface area contributed by atoms with Gasteiger partial charge in [0.1, 0.15) is 11.5 Å². The fourth-order valence-electron chi connectivity index (χ4n) is 6.35. The van der Waals surface area contributed by atoms with Crippen LogP contribution in [0.5, 0.6) is 5.75 Å². The second-order valence-corrected chi connectivity index (χ2v) is 13.1. The highest BCUT2D eigenvalue weighted by Gasteiger charge is 2.33. The summed E-state index contributed by atoms with van der Waals surface area (Å²) in [6.45, 7) is 13.5. The van der Waals surface area contributed by atoms with Crippen LogP contribution in [0.15, 0.2) is 27.8 Å². The third kappa shape index (κ3) is 6.83. The zero-order valence-corrected chi connectivity index (χ0v) is 27.1. The molecule has 0 atom stereocenters. The molecule has 236 valence electrons. The highest BCUT2D eigenvalue weighted by Crippen LogP contribution is 2.33. The van der Waals surface area contributed by atoms with Crippen LogP contribution in [0.3, 0.4) is 0 Å². The third-order valence-corrected chi connectivity index (χ3v) is 9.45. The van der Waals surface area contributed by atoms with Crippen molar-refractivity contribution in [3.05, 3.63) is 65.5 Å². The lowest BCUT2D eigenvalue weighted by Gasteiger charge is -2.37. The van der Waals surface area contributed by atoms with E-state index in [1.165, 1.54) is 32.4 Å². The van der Waals surface area contributed by atoms with Gasteiger partial charge in [-0.3, -0.25) is 14.5 Å². The Hall–Kier alpha value is -2.92. The second kappa shape index (κ2) is 13.6. The summed E-state index contributed by atoms with van der Waals surface area (Å²) in [6, 6.07) is 5.45. The standard InChI is InChI=1S/C32H41Cl2N7O3/c1-21(2)44-30-27(28(42)29(30)43)41-11-8-26-24(20-41)31(35-19-22-6-7-23(33)18-25(22)34)37-32(36-26)40-16-14-39(15-17-40)13-12-38-9-4-3-5-10-38/h6-7,18,21H,3-5,8-17,19-20H2,1-2H3,(H,35,36,37). The van der Waals surface area contributed by atoms with E-state index in [1.54, 1.807) is 6.07 Å². The fraction of sp³-hybridized carbons (Fsp3) is 0.562. The van der Waals surface area contributed by atoms with Crippen molar-refractivity contribution in [2.24, 2.45) is 0 Å². The van der Waals surface area contributed by atoms with Gasteiger partial charge in [0, 0.05) is 80.9 Å². The number of piperazine rings is 1. The number of likely N-dealkylation sites (tertiary alicyclic amines) is 1. The monoisotopic (exact) mass is 641 g/mol. The van der Waals surface area contributed by atoms with Crippen LogP contribution >= 0.6 is 23.2 Å². The normalized spacial score (nSPS) is 18.2. The summed E-state index contributed by atoms with van der Waals surface area (Å²) in [5.41, 5.74) is 2.06. The van der Waals surface area contributed by atoms with Gasteiger partial charge in [0.2, 0.25) is 5.95 Å². The summed E-state index contributed by atoms with van der Waals surface area (Å²) in [5.74, 6) is 1.58. The predicted molar refractivity (Wildman–Crippen MR) is 177 cm³/mol. The Bertz CT molecular complexity index is 1540. The Morgan fingerprint density at radius 2 is 1.61 bits per heavy atom. The van der Waals surface area contributed by atoms with Crippen molar-refractivity contribution in [2.45, 2.75) is 58.7 Å². The first-order chi connectivity index (χ1) is 21.3. The van der Waals surface area contributed by atoms with Crippen LogP contribution in [0.1, 0.15) is 49.9 Å². The van der Waals surface area contributed by atoms with Crippen LogP contribution in [0, 0.1) is 0 Å². The van der Waals surface area contributed by atoms with Crippen molar-refractivity contribution in [3.8, 4) is 5.75 Å². The molecule has 4 heterocycles. The maximum atomic E-state index is 12.6. The van der Waals surface area contributed by atoms with Gasteiger partial charge in [-0.25, -0.2) is 4.98 Å². The van der Waals surface area contributed by atoms with E-state index in [1.807, 2.05) is 30.9 Å². The molecule has 1 N–H and O–H groups in total. The Morgan fingerprint density at radius 3 is 2.32 bits per heavy atom. The molecule has 12 heteroatoms. The second-order valence-electron chi connectivity index (χ2n) is 12.3. The number of halogens is 2. The number of piperidine rings is 1. The van der Waals surface area contributed by atoms with Gasteiger partial charge < -0.3 is 24.8 Å². The van der Waals surface area contributed by atoms with E-state index >= 15 is 0 Å². The van der Waals surface area contributed by atoms with E-state index in [4.69, 9.17) is 37.9 Å². The van der Waals surface area contributed by atoms with Crippen LogP contribution in [0.25, 0.3) is 0 Å². The predicted octanol–water partition coefficient (Wildman–Crippen LogP) is 3.95. The van der Waals surface area contributed by atoms with Crippen molar-refractivity contribution < 1.29 is 4.74 Å². The highest BCUT2D eigenvalue weighted by atomic mass is 35.5. The molecule has 3 aliphatic heterocycles. The van der Waals surface area contributed by atoms with E-state index in [2.05, 4.69) is 20.0 Å². The van der Waals surface area contributed by atoms with Crippen LogP contribution in [0.4, 0.5) is 17.5 Å². The first-order valence-corrected chi connectivity index (χ1v) is 16.5. The van der Waals surface area contributed by atoms with Gasteiger partial charge in [0.05, 0.1) is 11.8 Å². The maximum Gasteiger partial charge on any atom is 0.272 e. The summed E-state index contributed by atoms with van der Waals surface area (Å²) < 4.78 is 5.72. The molecule has 2 aromatic carbocycles. The summed E-state index contributed by atoms with van der Waals surface area (Å²) in [6.07, 6.45) is 4.42. The van der Waals surface area contributed by atoms with Crippen LogP contribution < -0.4 is 30.7 Å². The average Bonchev–Trinajstić information content (AvgIpc) is 3.03. The molecule has 6 rings (SSSR count). The van der Waals surface area contributed by atoms with Gasteiger partial charge in [-0.05, 0) is 57.5 Å². The summed E-state index contributed by atoms with van der Waals surface area (Å²) in [4.78, 5) is 44.4. The number of benzene rings is 1. The Morgan fingerprint density at radius 1 is 0.886 bits per heavy atom. The van der Waals surface area contributed by atoms with Gasteiger partial charge in [0.25, 0.3) is 10.9 Å². The Labute approximate surface area is 268 Å². The maximum absolute atomic E-state index is 12.6. The molecule has 0 bridgehead atoms. The lowest BCUT2D eigenvalue weighted by Crippen LogP contribution is -2.49. The first kappa shape index (κ1) is 31.1.